The van der Waals surface area contributed by atoms with Crippen molar-refractivity contribution in [1.29, 1.82) is 0 Å². The Labute approximate surface area is 149 Å². The minimum Gasteiger partial charge on any atom is -0.488 e. The molecule has 0 aliphatic carbocycles. The molecule has 124 valence electrons. The number of thiophene rings is 1. The van der Waals surface area contributed by atoms with Gasteiger partial charge in [0, 0.05) is 29.1 Å². The van der Waals surface area contributed by atoms with Gasteiger partial charge in [0.1, 0.15) is 18.2 Å². The molecule has 0 atom stereocenters. The molecule has 24 heavy (non-hydrogen) atoms. The van der Waals surface area contributed by atoms with Crippen LogP contribution in [0.15, 0.2) is 60.0 Å². The molecule has 2 aromatic carbocycles. The van der Waals surface area contributed by atoms with Crippen molar-refractivity contribution >= 4 is 22.9 Å². The number of para-hydroxylation sites is 1. The van der Waals surface area contributed by atoms with Gasteiger partial charge in [0.2, 0.25) is 0 Å². The Hall–Kier alpha value is -1.88. The molecule has 0 aliphatic heterocycles. The molecule has 1 N–H and O–H groups in total. The van der Waals surface area contributed by atoms with E-state index in [1.807, 2.05) is 30.3 Å². The minimum absolute atomic E-state index is 0.105. The second kappa shape index (κ2) is 8.29. The second-order valence-corrected chi connectivity index (χ2v) is 6.72. The first-order valence-electron chi connectivity index (χ1n) is 7.61. The monoisotopic (exact) mass is 361 g/mol. The molecule has 0 aliphatic rings. The maximum atomic E-state index is 13.8. The standard InChI is InChI=1S/C19H17ClFNOS/c20-17-7-3-8-18(21)16(17)13-23-19-9-2-1-5-14(19)11-22-12-15-6-4-10-24-15/h1-10,22H,11-13H2. The second-order valence-electron chi connectivity index (χ2n) is 5.28. The van der Waals surface area contributed by atoms with E-state index < -0.39 is 0 Å². The van der Waals surface area contributed by atoms with Crippen LogP contribution < -0.4 is 10.1 Å². The highest BCUT2D eigenvalue weighted by molar-refractivity contribution is 7.09. The summed E-state index contributed by atoms with van der Waals surface area (Å²) in [4.78, 5) is 1.28. The van der Waals surface area contributed by atoms with E-state index in [2.05, 4.69) is 16.8 Å². The van der Waals surface area contributed by atoms with Gasteiger partial charge in [-0.1, -0.05) is 41.9 Å². The summed E-state index contributed by atoms with van der Waals surface area (Å²) in [6.07, 6.45) is 0. The zero-order valence-corrected chi connectivity index (χ0v) is 14.5. The lowest BCUT2D eigenvalue weighted by Crippen LogP contribution is -2.13. The Morgan fingerprint density at radius 2 is 1.88 bits per heavy atom. The van der Waals surface area contributed by atoms with Crippen molar-refractivity contribution in [3.8, 4) is 5.75 Å². The van der Waals surface area contributed by atoms with Gasteiger partial charge in [-0.15, -0.1) is 11.3 Å². The van der Waals surface area contributed by atoms with Crippen molar-refractivity contribution in [1.82, 2.24) is 5.32 Å². The fourth-order valence-corrected chi connectivity index (χ4v) is 3.24. The fourth-order valence-electron chi connectivity index (χ4n) is 2.34. The van der Waals surface area contributed by atoms with Gasteiger partial charge in [0.25, 0.3) is 0 Å². The third-order valence-corrected chi connectivity index (χ3v) is 4.83. The molecule has 3 rings (SSSR count). The largest absolute Gasteiger partial charge is 0.488 e. The number of rotatable bonds is 7. The van der Waals surface area contributed by atoms with Crippen molar-refractivity contribution < 1.29 is 9.13 Å². The van der Waals surface area contributed by atoms with Gasteiger partial charge in [0.15, 0.2) is 0 Å². The highest BCUT2D eigenvalue weighted by atomic mass is 35.5. The van der Waals surface area contributed by atoms with Gasteiger partial charge >= 0.3 is 0 Å². The van der Waals surface area contributed by atoms with Crippen molar-refractivity contribution in [3.63, 3.8) is 0 Å². The first-order chi connectivity index (χ1) is 11.7. The third kappa shape index (κ3) is 4.35. The molecular formula is C19H17ClFNOS. The van der Waals surface area contributed by atoms with Gasteiger partial charge in [-0.25, -0.2) is 4.39 Å². The number of ether oxygens (including phenoxy) is 1. The first kappa shape index (κ1) is 17.0. The van der Waals surface area contributed by atoms with Crippen molar-refractivity contribution in [2.75, 3.05) is 0 Å². The fraction of sp³-hybridized carbons (Fsp3) is 0.158. The first-order valence-corrected chi connectivity index (χ1v) is 8.86. The van der Waals surface area contributed by atoms with Crippen LogP contribution in [0.4, 0.5) is 4.39 Å². The number of hydrogen-bond acceptors (Lipinski definition) is 3. The molecule has 1 heterocycles. The summed E-state index contributed by atoms with van der Waals surface area (Å²) in [5.74, 6) is 0.381. The van der Waals surface area contributed by atoms with Gasteiger partial charge in [0.05, 0.1) is 5.02 Å². The van der Waals surface area contributed by atoms with Crippen LogP contribution in [0.5, 0.6) is 5.75 Å². The lowest BCUT2D eigenvalue weighted by molar-refractivity contribution is 0.296. The molecule has 3 aromatic rings. The molecule has 0 fully saturated rings. The van der Waals surface area contributed by atoms with E-state index in [0.29, 0.717) is 17.1 Å². The van der Waals surface area contributed by atoms with E-state index in [-0.39, 0.29) is 12.4 Å². The smallest absolute Gasteiger partial charge is 0.131 e. The quantitative estimate of drug-likeness (QED) is 0.607. The van der Waals surface area contributed by atoms with Crippen LogP contribution in [0.3, 0.4) is 0 Å². The zero-order valence-electron chi connectivity index (χ0n) is 13.0. The minimum atomic E-state index is -0.351. The molecular weight excluding hydrogens is 345 g/mol. The average molecular weight is 362 g/mol. The van der Waals surface area contributed by atoms with Crippen LogP contribution in [0.2, 0.25) is 5.02 Å². The van der Waals surface area contributed by atoms with E-state index >= 15 is 0 Å². The zero-order chi connectivity index (χ0) is 16.8. The van der Waals surface area contributed by atoms with Crippen LogP contribution in [0, 0.1) is 5.82 Å². The summed E-state index contributed by atoms with van der Waals surface area (Å²) < 4.78 is 19.6. The Balaban J connectivity index is 1.63. The molecule has 0 amide bonds. The molecule has 0 saturated heterocycles. The van der Waals surface area contributed by atoms with E-state index in [1.165, 1.54) is 10.9 Å². The Bertz CT molecular complexity index is 772. The molecule has 1 aromatic heterocycles. The Kier molecular flexibility index (Phi) is 5.86. The summed E-state index contributed by atoms with van der Waals surface area (Å²) >= 11 is 7.77. The van der Waals surface area contributed by atoms with Crippen LogP contribution >= 0.6 is 22.9 Å². The number of halogens is 2. The van der Waals surface area contributed by atoms with Crippen LogP contribution in [0.25, 0.3) is 0 Å². The summed E-state index contributed by atoms with van der Waals surface area (Å²) in [6, 6.07) is 16.5. The average Bonchev–Trinajstić information content (AvgIpc) is 3.09. The Morgan fingerprint density at radius 3 is 2.67 bits per heavy atom. The summed E-state index contributed by atoms with van der Waals surface area (Å²) in [5.41, 5.74) is 1.40. The van der Waals surface area contributed by atoms with Gasteiger partial charge < -0.3 is 10.1 Å². The molecule has 0 unspecified atom stereocenters. The van der Waals surface area contributed by atoms with Gasteiger partial charge in [-0.3, -0.25) is 0 Å². The number of hydrogen-bond donors (Lipinski definition) is 1. The summed E-state index contributed by atoms with van der Waals surface area (Å²) in [7, 11) is 0. The topological polar surface area (TPSA) is 21.3 Å². The van der Waals surface area contributed by atoms with Crippen molar-refractivity contribution in [2.45, 2.75) is 19.7 Å². The van der Waals surface area contributed by atoms with E-state index in [9.17, 15) is 4.39 Å². The van der Waals surface area contributed by atoms with Gasteiger partial charge in [-0.05, 0) is 29.6 Å². The SMILES string of the molecule is Fc1cccc(Cl)c1COc1ccccc1CNCc1cccs1. The highest BCUT2D eigenvalue weighted by Crippen LogP contribution is 2.24. The Morgan fingerprint density at radius 1 is 1.00 bits per heavy atom. The van der Waals surface area contributed by atoms with E-state index in [0.717, 1.165) is 17.9 Å². The maximum absolute atomic E-state index is 13.8. The predicted molar refractivity (Wildman–Crippen MR) is 97.0 cm³/mol. The molecule has 0 radical (unpaired) electrons. The molecule has 0 saturated carbocycles. The van der Waals surface area contributed by atoms with Gasteiger partial charge in [-0.2, -0.15) is 0 Å². The van der Waals surface area contributed by atoms with Crippen LogP contribution in [-0.2, 0) is 19.7 Å². The highest BCUT2D eigenvalue weighted by Gasteiger charge is 2.09. The number of nitrogens with one attached hydrogen (secondary N) is 1. The predicted octanol–water partition coefficient (Wildman–Crippen LogP) is 5.41. The maximum Gasteiger partial charge on any atom is 0.131 e. The van der Waals surface area contributed by atoms with Crippen molar-refractivity contribution in [3.05, 3.63) is 86.8 Å². The summed E-state index contributed by atoms with van der Waals surface area (Å²) in [6.45, 7) is 1.59. The van der Waals surface area contributed by atoms with Crippen LogP contribution in [-0.4, -0.2) is 0 Å². The molecule has 2 nitrogen and oxygen atoms in total. The summed E-state index contributed by atoms with van der Waals surface area (Å²) in [5, 5.41) is 5.84. The molecule has 0 spiro atoms. The number of benzene rings is 2. The molecule has 0 bridgehead atoms. The normalized spacial score (nSPS) is 10.8. The van der Waals surface area contributed by atoms with Crippen molar-refractivity contribution in [2.24, 2.45) is 0 Å². The van der Waals surface area contributed by atoms with Crippen LogP contribution in [0.1, 0.15) is 16.0 Å². The van der Waals surface area contributed by atoms with E-state index in [1.54, 1.807) is 23.5 Å². The third-order valence-electron chi connectivity index (χ3n) is 3.60. The van der Waals surface area contributed by atoms with E-state index in [4.69, 9.17) is 16.3 Å². The lowest BCUT2D eigenvalue weighted by atomic mass is 10.2. The molecule has 5 heteroatoms. The lowest BCUT2D eigenvalue weighted by Gasteiger charge is -2.13.